The Labute approximate surface area is 224 Å². The van der Waals surface area contributed by atoms with E-state index >= 15 is 0 Å². The number of nitrogens with zero attached hydrogens (tertiary/aromatic N) is 5. The highest BCUT2D eigenvalue weighted by atomic mass is 32.2. The zero-order valence-corrected chi connectivity index (χ0v) is 22.1. The Morgan fingerprint density at radius 1 is 1.21 bits per heavy atom. The predicted molar refractivity (Wildman–Crippen MR) is 146 cm³/mol. The van der Waals surface area contributed by atoms with Crippen LogP contribution >= 0.6 is 11.8 Å². The molecule has 13 heteroatoms. The molecule has 1 aromatic heterocycles. The van der Waals surface area contributed by atoms with Crippen molar-refractivity contribution >= 4 is 49.9 Å². The van der Waals surface area contributed by atoms with Gasteiger partial charge < -0.3 is 15.0 Å². The van der Waals surface area contributed by atoms with Crippen LogP contribution in [0.1, 0.15) is 10.4 Å². The van der Waals surface area contributed by atoms with Gasteiger partial charge in [0, 0.05) is 36.2 Å². The summed E-state index contributed by atoms with van der Waals surface area (Å²) in [5.41, 5.74) is 3.33. The topological polar surface area (TPSA) is 129 Å². The van der Waals surface area contributed by atoms with Crippen molar-refractivity contribution in [3.63, 3.8) is 0 Å². The zero-order valence-electron chi connectivity index (χ0n) is 20.5. The van der Waals surface area contributed by atoms with Gasteiger partial charge in [0.25, 0.3) is 0 Å². The van der Waals surface area contributed by atoms with E-state index in [2.05, 4.69) is 15.3 Å². The molecule has 0 saturated carbocycles. The Morgan fingerprint density at radius 2 is 1.95 bits per heavy atom. The molecule has 198 valence electrons. The van der Waals surface area contributed by atoms with E-state index in [0.717, 1.165) is 16.2 Å². The standard InChI is InChI=1S/C25H25FN6O4S2/c1-38(34,35)32(11-9-27)20-5-2-18(3-6-20)22-8-10-28-25(30-22)29-19-4-7-23(31-12-14-36-15-13-31)21(16-19)24(33)37-17-26/h2-8,10,16H,11-15,17H2,1H3,(H,28,29,30). The molecule has 10 nitrogen and oxygen atoms in total. The van der Waals surface area contributed by atoms with Crippen LogP contribution in [0.25, 0.3) is 11.3 Å². The summed E-state index contributed by atoms with van der Waals surface area (Å²) in [4.78, 5) is 23.5. The highest BCUT2D eigenvalue weighted by molar-refractivity contribution is 8.14. The van der Waals surface area contributed by atoms with Crippen molar-refractivity contribution in [2.75, 3.05) is 59.6 Å². The molecule has 3 aromatic rings. The number of nitriles is 1. The van der Waals surface area contributed by atoms with Gasteiger partial charge in [-0.15, -0.1) is 0 Å². The number of carbonyl (C=O) groups is 1. The molecule has 0 radical (unpaired) electrons. The van der Waals surface area contributed by atoms with Crippen molar-refractivity contribution in [3.8, 4) is 17.3 Å². The molecule has 1 aliphatic heterocycles. The molecule has 1 fully saturated rings. The average molecular weight is 557 g/mol. The quantitative estimate of drug-likeness (QED) is 0.389. The van der Waals surface area contributed by atoms with Gasteiger partial charge in [-0.25, -0.2) is 22.8 Å². The lowest BCUT2D eigenvalue weighted by molar-refractivity contribution is 0.108. The normalized spacial score (nSPS) is 13.6. The number of hydrogen-bond donors (Lipinski definition) is 1. The number of halogens is 1. The van der Waals surface area contributed by atoms with Crippen molar-refractivity contribution in [3.05, 3.63) is 60.3 Å². The van der Waals surface area contributed by atoms with Gasteiger partial charge in [0.2, 0.25) is 21.1 Å². The Balaban J connectivity index is 1.57. The minimum absolute atomic E-state index is 0.282. The summed E-state index contributed by atoms with van der Waals surface area (Å²) in [6.07, 6.45) is 2.62. The van der Waals surface area contributed by atoms with Gasteiger partial charge in [-0.3, -0.25) is 9.10 Å². The van der Waals surface area contributed by atoms with Crippen molar-refractivity contribution in [1.82, 2.24) is 9.97 Å². The second kappa shape index (κ2) is 12.2. The number of carbonyl (C=O) groups excluding carboxylic acids is 1. The summed E-state index contributed by atoms with van der Waals surface area (Å²) < 4.78 is 43.4. The molecular formula is C25H25FN6O4S2. The third kappa shape index (κ3) is 6.58. The van der Waals surface area contributed by atoms with E-state index in [1.54, 1.807) is 42.6 Å². The number of sulfonamides is 1. The van der Waals surface area contributed by atoms with E-state index in [-0.39, 0.29) is 17.6 Å². The number of hydrogen-bond acceptors (Lipinski definition) is 10. The molecule has 0 unspecified atom stereocenters. The van der Waals surface area contributed by atoms with Gasteiger partial charge in [-0.1, -0.05) is 12.1 Å². The molecule has 2 heterocycles. The van der Waals surface area contributed by atoms with E-state index in [9.17, 15) is 17.6 Å². The second-order valence-corrected chi connectivity index (χ2v) is 11.0. The molecule has 2 aromatic carbocycles. The number of thioether (sulfide) groups is 1. The number of rotatable bonds is 9. The molecule has 0 spiro atoms. The van der Waals surface area contributed by atoms with Crippen LogP contribution in [0.3, 0.4) is 0 Å². The largest absolute Gasteiger partial charge is 0.378 e. The number of nitrogens with one attached hydrogen (secondary N) is 1. The molecule has 4 rings (SSSR count). The maximum atomic E-state index is 12.9. The van der Waals surface area contributed by atoms with Crippen LogP contribution < -0.4 is 14.5 Å². The van der Waals surface area contributed by atoms with E-state index in [1.165, 1.54) is 0 Å². The van der Waals surface area contributed by atoms with Crippen molar-refractivity contribution in [1.29, 1.82) is 5.26 Å². The fraction of sp³-hybridized carbons (Fsp3) is 0.280. The molecular weight excluding hydrogens is 531 g/mol. The monoisotopic (exact) mass is 556 g/mol. The lowest BCUT2D eigenvalue weighted by Gasteiger charge is -2.30. The summed E-state index contributed by atoms with van der Waals surface area (Å²) in [6.45, 7) is 2.08. The number of benzene rings is 2. The van der Waals surface area contributed by atoms with Gasteiger partial charge in [0.05, 0.1) is 42.5 Å². The first-order chi connectivity index (χ1) is 18.3. The van der Waals surface area contributed by atoms with Crippen molar-refractivity contribution in [2.45, 2.75) is 0 Å². The maximum absolute atomic E-state index is 12.9. The van der Waals surface area contributed by atoms with Crippen LogP contribution in [0.4, 0.5) is 27.4 Å². The Bertz CT molecular complexity index is 1440. The molecule has 0 amide bonds. The Kier molecular flexibility index (Phi) is 8.77. The minimum atomic E-state index is -3.60. The van der Waals surface area contributed by atoms with E-state index in [4.69, 9.17) is 10.00 Å². The fourth-order valence-corrected chi connectivity index (χ4v) is 5.17. The van der Waals surface area contributed by atoms with Crippen LogP contribution in [-0.2, 0) is 14.8 Å². The van der Waals surface area contributed by atoms with E-state index in [1.807, 2.05) is 23.1 Å². The number of ether oxygens (including phenoxy) is 1. The van der Waals surface area contributed by atoms with E-state index in [0.29, 0.717) is 66.3 Å². The number of alkyl halides is 1. The molecule has 1 aliphatic rings. The first-order valence-corrected chi connectivity index (χ1v) is 14.4. The zero-order chi connectivity index (χ0) is 27.1. The van der Waals surface area contributed by atoms with Gasteiger partial charge in [0.1, 0.15) is 12.6 Å². The predicted octanol–water partition coefficient (Wildman–Crippen LogP) is 3.81. The molecule has 38 heavy (non-hydrogen) atoms. The first-order valence-electron chi connectivity index (χ1n) is 11.5. The molecule has 0 bridgehead atoms. The van der Waals surface area contributed by atoms with Gasteiger partial charge in [-0.2, -0.15) is 5.26 Å². The first kappa shape index (κ1) is 27.3. The summed E-state index contributed by atoms with van der Waals surface area (Å²) >= 11 is 0.603. The smallest absolute Gasteiger partial charge is 0.233 e. The van der Waals surface area contributed by atoms with Crippen molar-refractivity contribution in [2.24, 2.45) is 0 Å². The fourth-order valence-electron chi connectivity index (χ4n) is 3.96. The SMILES string of the molecule is CS(=O)(=O)N(CC#N)c1ccc(-c2ccnc(Nc3ccc(N4CCOCC4)c(C(=O)SCF)c3)n2)cc1. The number of anilines is 4. The van der Waals surface area contributed by atoms with Gasteiger partial charge in [0.15, 0.2) is 0 Å². The summed E-state index contributed by atoms with van der Waals surface area (Å²) in [5.74, 6) is 0.282. The highest BCUT2D eigenvalue weighted by Crippen LogP contribution is 2.30. The minimum Gasteiger partial charge on any atom is -0.378 e. The van der Waals surface area contributed by atoms with Crippen LogP contribution in [0, 0.1) is 11.3 Å². The van der Waals surface area contributed by atoms with Gasteiger partial charge >= 0.3 is 0 Å². The maximum Gasteiger partial charge on any atom is 0.233 e. The highest BCUT2D eigenvalue weighted by Gasteiger charge is 2.20. The van der Waals surface area contributed by atoms with Crippen LogP contribution in [-0.4, -0.2) is 68.6 Å². The van der Waals surface area contributed by atoms with Crippen LogP contribution in [0.5, 0.6) is 0 Å². The number of aromatic nitrogens is 2. The van der Waals surface area contributed by atoms with E-state index < -0.39 is 16.0 Å². The molecule has 0 atom stereocenters. The average Bonchev–Trinajstić information content (AvgIpc) is 2.92. The van der Waals surface area contributed by atoms with Crippen LogP contribution in [0.15, 0.2) is 54.7 Å². The second-order valence-electron chi connectivity index (χ2n) is 8.24. The Morgan fingerprint density at radius 3 is 2.61 bits per heavy atom. The molecule has 1 saturated heterocycles. The third-order valence-corrected chi connectivity index (χ3v) is 7.46. The Hall–Kier alpha value is -3.73. The summed E-state index contributed by atoms with van der Waals surface area (Å²) in [6, 6.07) is 14.7. The van der Waals surface area contributed by atoms with Crippen molar-refractivity contribution < 1.29 is 22.3 Å². The lowest BCUT2D eigenvalue weighted by atomic mass is 10.1. The third-order valence-electron chi connectivity index (χ3n) is 5.73. The summed E-state index contributed by atoms with van der Waals surface area (Å²) in [7, 11) is -3.60. The number of morpholine rings is 1. The molecule has 1 N–H and O–H groups in total. The molecule has 0 aliphatic carbocycles. The summed E-state index contributed by atoms with van der Waals surface area (Å²) in [5, 5.41) is 11.7. The lowest BCUT2D eigenvalue weighted by Crippen LogP contribution is -2.37. The van der Waals surface area contributed by atoms with Crippen LogP contribution in [0.2, 0.25) is 0 Å². The van der Waals surface area contributed by atoms with Gasteiger partial charge in [-0.05, 0) is 48.2 Å².